The Morgan fingerprint density at radius 1 is 1.00 bits per heavy atom. The summed E-state index contributed by atoms with van der Waals surface area (Å²) in [7, 11) is 0. The molecule has 0 radical (unpaired) electrons. The van der Waals surface area contributed by atoms with E-state index in [9.17, 15) is 4.39 Å². The van der Waals surface area contributed by atoms with Crippen molar-refractivity contribution in [1.82, 2.24) is 4.98 Å². The first-order chi connectivity index (χ1) is 8.15. The Bertz CT molecular complexity index is 682. The van der Waals surface area contributed by atoms with E-state index in [4.69, 9.17) is 11.6 Å². The number of halogens is 3. The summed E-state index contributed by atoms with van der Waals surface area (Å²) in [4.78, 5) is 4.45. The summed E-state index contributed by atoms with van der Waals surface area (Å²) in [5.41, 5.74) is 1.50. The molecule has 3 aromatic rings. The largest absolute Gasteiger partial charge is 0.248 e. The molecule has 0 saturated carbocycles. The quantitative estimate of drug-likeness (QED) is 0.536. The van der Waals surface area contributed by atoms with Crippen LogP contribution < -0.4 is 0 Å². The smallest absolute Gasteiger partial charge is 0.124 e. The second-order valence-electron chi connectivity index (χ2n) is 3.75. The summed E-state index contributed by atoms with van der Waals surface area (Å²) < 4.78 is 14.1. The van der Waals surface area contributed by atoms with E-state index in [1.54, 1.807) is 6.07 Å². The highest BCUT2D eigenvalue weighted by Crippen LogP contribution is 2.32. The maximum atomic E-state index is 13.2. The molecule has 1 aromatic heterocycles. The highest BCUT2D eigenvalue weighted by Gasteiger charge is 2.08. The molecule has 0 unspecified atom stereocenters. The predicted octanol–water partition coefficient (Wildman–Crippen LogP) is 4.94. The van der Waals surface area contributed by atoms with Crippen molar-refractivity contribution in [3.63, 3.8) is 0 Å². The molecule has 0 aliphatic rings. The highest BCUT2D eigenvalue weighted by atomic mass is 79.9. The average molecular weight is 311 g/mol. The molecule has 1 nitrogen and oxygen atoms in total. The molecule has 0 spiro atoms. The van der Waals surface area contributed by atoms with Gasteiger partial charge in [-0.3, -0.25) is 0 Å². The fourth-order valence-electron chi connectivity index (χ4n) is 1.84. The van der Waals surface area contributed by atoms with Gasteiger partial charge in [0.25, 0.3) is 0 Å². The lowest BCUT2D eigenvalue weighted by Crippen LogP contribution is -1.86. The van der Waals surface area contributed by atoms with Gasteiger partial charge >= 0.3 is 0 Å². The van der Waals surface area contributed by atoms with Crippen LogP contribution in [0.25, 0.3) is 21.8 Å². The Balaban J connectivity index is 2.53. The van der Waals surface area contributed by atoms with Crippen molar-refractivity contribution >= 4 is 49.3 Å². The second-order valence-corrected chi connectivity index (χ2v) is 5.04. The molecule has 84 valence electrons. The maximum absolute atomic E-state index is 13.2. The third kappa shape index (κ3) is 1.79. The maximum Gasteiger partial charge on any atom is 0.124 e. The minimum Gasteiger partial charge on any atom is -0.248 e. The molecule has 2 aromatic carbocycles. The number of hydrogen-bond acceptors (Lipinski definition) is 1. The van der Waals surface area contributed by atoms with Crippen molar-refractivity contribution < 1.29 is 4.39 Å². The van der Waals surface area contributed by atoms with Crippen molar-refractivity contribution in [2.75, 3.05) is 0 Å². The van der Waals surface area contributed by atoms with Crippen LogP contribution in [0.4, 0.5) is 4.39 Å². The molecular weight excluding hydrogens is 305 g/mol. The Morgan fingerprint density at radius 2 is 1.65 bits per heavy atom. The number of fused-ring (bicyclic) bond motifs is 2. The van der Waals surface area contributed by atoms with Crippen molar-refractivity contribution in [2.24, 2.45) is 0 Å². The highest BCUT2D eigenvalue weighted by molar-refractivity contribution is 9.10. The fraction of sp³-hybridized carbons (Fsp3) is 0. The van der Waals surface area contributed by atoms with Crippen LogP contribution >= 0.6 is 27.5 Å². The van der Waals surface area contributed by atoms with Gasteiger partial charge in [-0.1, -0.05) is 27.5 Å². The third-order valence-electron chi connectivity index (χ3n) is 2.63. The Hall–Kier alpha value is -1.19. The monoisotopic (exact) mass is 309 g/mol. The molecule has 0 saturated heterocycles. The zero-order valence-corrected chi connectivity index (χ0v) is 10.9. The van der Waals surface area contributed by atoms with Gasteiger partial charge < -0.3 is 0 Å². The number of rotatable bonds is 0. The first kappa shape index (κ1) is 10.9. The van der Waals surface area contributed by atoms with Crippen LogP contribution in [0.3, 0.4) is 0 Å². The van der Waals surface area contributed by atoms with Crippen LogP contribution in [0, 0.1) is 5.82 Å². The van der Waals surface area contributed by atoms with Gasteiger partial charge in [0.05, 0.1) is 16.1 Å². The lowest BCUT2D eigenvalue weighted by Gasteiger charge is -2.05. The zero-order chi connectivity index (χ0) is 12.0. The number of aromatic nitrogens is 1. The number of pyridine rings is 1. The van der Waals surface area contributed by atoms with Crippen molar-refractivity contribution in [3.05, 3.63) is 51.7 Å². The van der Waals surface area contributed by atoms with Crippen molar-refractivity contribution in [1.29, 1.82) is 0 Å². The summed E-state index contributed by atoms with van der Waals surface area (Å²) in [6.45, 7) is 0. The van der Waals surface area contributed by atoms with Crippen LogP contribution in [0.2, 0.25) is 5.02 Å². The summed E-state index contributed by atoms with van der Waals surface area (Å²) in [6.07, 6.45) is 0. The molecule has 3 rings (SSSR count). The minimum atomic E-state index is -0.310. The van der Waals surface area contributed by atoms with Crippen LogP contribution in [0.5, 0.6) is 0 Å². The van der Waals surface area contributed by atoms with E-state index in [2.05, 4.69) is 20.9 Å². The Morgan fingerprint density at radius 3 is 2.41 bits per heavy atom. The lowest BCUT2D eigenvalue weighted by atomic mass is 10.1. The normalized spacial score (nSPS) is 11.2. The Kier molecular flexibility index (Phi) is 2.53. The molecular formula is C13H6BrClFN. The third-order valence-corrected chi connectivity index (χ3v) is 3.53. The molecule has 0 fully saturated rings. The zero-order valence-electron chi connectivity index (χ0n) is 8.55. The molecule has 17 heavy (non-hydrogen) atoms. The summed E-state index contributed by atoms with van der Waals surface area (Å²) in [6, 6.07) is 10.1. The van der Waals surface area contributed by atoms with E-state index in [0.717, 1.165) is 15.4 Å². The van der Waals surface area contributed by atoms with Gasteiger partial charge in [0, 0.05) is 15.2 Å². The van der Waals surface area contributed by atoms with E-state index in [-0.39, 0.29) is 5.82 Å². The van der Waals surface area contributed by atoms with Crippen molar-refractivity contribution in [3.8, 4) is 0 Å². The van der Waals surface area contributed by atoms with E-state index >= 15 is 0 Å². The molecule has 0 bridgehead atoms. The summed E-state index contributed by atoms with van der Waals surface area (Å²) in [5.74, 6) is -0.310. The van der Waals surface area contributed by atoms with Gasteiger partial charge in [0.15, 0.2) is 0 Å². The summed E-state index contributed by atoms with van der Waals surface area (Å²) >= 11 is 9.68. The topological polar surface area (TPSA) is 12.9 Å². The molecule has 0 N–H and O–H groups in total. The molecule has 0 atom stereocenters. The van der Waals surface area contributed by atoms with Crippen molar-refractivity contribution in [2.45, 2.75) is 0 Å². The van der Waals surface area contributed by atoms with Gasteiger partial charge in [0.1, 0.15) is 5.82 Å². The van der Waals surface area contributed by atoms with Gasteiger partial charge in [0.2, 0.25) is 0 Å². The Labute approximate surface area is 110 Å². The number of hydrogen-bond donors (Lipinski definition) is 0. The summed E-state index contributed by atoms with van der Waals surface area (Å²) in [5, 5.41) is 1.99. The molecule has 0 amide bonds. The van der Waals surface area contributed by atoms with E-state index in [0.29, 0.717) is 15.9 Å². The van der Waals surface area contributed by atoms with Crippen LogP contribution in [-0.2, 0) is 0 Å². The predicted molar refractivity (Wildman–Crippen MR) is 71.9 cm³/mol. The van der Waals surface area contributed by atoms with Gasteiger partial charge in [-0.2, -0.15) is 0 Å². The number of benzene rings is 2. The van der Waals surface area contributed by atoms with Gasteiger partial charge in [-0.15, -0.1) is 0 Å². The average Bonchev–Trinajstić information content (AvgIpc) is 2.32. The fourth-order valence-corrected chi connectivity index (χ4v) is 2.50. The first-order valence-corrected chi connectivity index (χ1v) is 6.16. The second kappa shape index (κ2) is 3.93. The molecule has 0 aliphatic carbocycles. The van der Waals surface area contributed by atoms with Crippen LogP contribution in [0.15, 0.2) is 40.9 Å². The van der Waals surface area contributed by atoms with E-state index in [1.807, 2.05) is 18.2 Å². The van der Waals surface area contributed by atoms with Gasteiger partial charge in [-0.05, 0) is 36.4 Å². The standard InChI is InChI=1S/C13H6BrClFN/c14-7-1-3-11-9(5-7)13(15)10-6-8(16)2-4-12(10)17-11/h1-6H. The first-order valence-electron chi connectivity index (χ1n) is 4.99. The van der Waals surface area contributed by atoms with Gasteiger partial charge in [-0.25, -0.2) is 9.37 Å². The number of nitrogens with zero attached hydrogens (tertiary/aromatic N) is 1. The minimum absolute atomic E-state index is 0.310. The molecule has 1 heterocycles. The van der Waals surface area contributed by atoms with E-state index < -0.39 is 0 Å². The van der Waals surface area contributed by atoms with E-state index in [1.165, 1.54) is 12.1 Å². The van der Waals surface area contributed by atoms with Crippen LogP contribution in [0.1, 0.15) is 0 Å². The van der Waals surface area contributed by atoms with Crippen LogP contribution in [-0.4, -0.2) is 4.98 Å². The SMILES string of the molecule is Fc1ccc2nc3ccc(Br)cc3c(Cl)c2c1. The lowest BCUT2D eigenvalue weighted by molar-refractivity contribution is 0.629. The molecule has 0 aliphatic heterocycles. The molecule has 4 heteroatoms.